The van der Waals surface area contributed by atoms with Crippen molar-refractivity contribution in [2.75, 3.05) is 31.6 Å². The lowest BCUT2D eigenvalue weighted by Gasteiger charge is -2.42. The minimum absolute atomic E-state index is 0.0271. The summed E-state index contributed by atoms with van der Waals surface area (Å²) in [5.41, 5.74) is 1.48. The molecule has 7 nitrogen and oxygen atoms in total. The van der Waals surface area contributed by atoms with E-state index in [4.69, 9.17) is 5.11 Å². The molecule has 0 spiro atoms. The fourth-order valence-electron chi connectivity index (χ4n) is 4.77. The molecule has 4 rings (SSSR count). The monoisotopic (exact) mass is 476 g/mol. The quantitative estimate of drug-likeness (QED) is 0.692. The minimum atomic E-state index is -4.55. The van der Waals surface area contributed by atoms with Gasteiger partial charge >= 0.3 is 6.18 Å². The van der Waals surface area contributed by atoms with E-state index in [1.807, 2.05) is 6.07 Å². The zero-order chi connectivity index (χ0) is 24.5. The molecular weight excluding hydrogens is 449 g/mol. The standard InChI is InChI=1S/C24H27F3N4O3/c1-15-13-31(20-4-5-30(6-7-32)22(33)10-20)14-17-8-16(2-3-21(15)17)23(34)29-19-9-18(11-28-12-19)24(25,26)27/h2-3,8-9,11-12,15,20,32H,4-7,10,13-14H2,1H3,(H,29,34). The summed E-state index contributed by atoms with van der Waals surface area (Å²) in [6.07, 6.45) is -1.45. The molecule has 0 aliphatic carbocycles. The summed E-state index contributed by atoms with van der Waals surface area (Å²) in [6, 6.07) is 6.29. The number of piperidine rings is 1. The number of aliphatic hydroxyl groups is 1. The molecule has 0 radical (unpaired) electrons. The van der Waals surface area contributed by atoms with Crippen LogP contribution in [0, 0.1) is 0 Å². The highest BCUT2D eigenvalue weighted by Crippen LogP contribution is 2.33. The van der Waals surface area contributed by atoms with E-state index < -0.39 is 17.6 Å². The number of benzene rings is 1. The van der Waals surface area contributed by atoms with Crippen molar-refractivity contribution < 1.29 is 27.9 Å². The lowest BCUT2D eigenvalue weighted by Crippen LogP contribution is -2.50. The first kappa shape index (κ1) is 24.2. The number of fused-ring (bicyclic) bond motifs is 1. The van der Waals surface area contributed by atoms with Crippen LogP contribution in [0.15, 0.2) is 36.7 Å². The van der Waals surface area contributed by atoms with Gasteiger partial charge in [-0.1, -0.05) is 13.0 Å². The third-order valence-electron chi connectivity index (χ3n) is 6.52. The first-order valence-electron chi connectivity index (χ1n) is 11.2. The predicted molar refractivity (Wildman–Crippen MR) is 119 cm³/mol. The number of halogens is 3. The summed E-state index contributed by atoms with van der Waals surface area (Å²) in [4.78, 5) is 32.7. The Hall–Kier alpha value is -2.98. The molecule has 3 heterocycles. The van der Waals surface area contributed by atoms with Crippen LogP contribution < -0.4 is 5.32 Å². The fourth-order valence-corrected chi connectivity index (χ4v) is 4.77. The third kappa shape index (κ3) is 5.23. The zero-order valence-electron chi connectivity index (χ0n) is 18.8. The van der Waals surface area contributed by atoms with Crippen LogP contribution in [0.3, 0.4) is 0 Å². The van der Waals surface area contributed by atoms with Crippen molar-refractivity contribution >= 4 is 17.5 Å². The van der Waals surface area contributed by atoms with Crippen molar-refractivity contribution in [1.29, 1.82) is 0 Å². The van der Waals surface area contributed by atoms with Gasteiger partial charge in [0.15, 0.2) is 0 Å². The first-order valence-corrected chi connectivity index (χ1v) is 11.2. The number of hydrogen-bond donors (Lipinski definition) is 2. The van der Waals surface area contributed by atoms with Crippen molar-refractivity contribution in [3.8, 4) is 0 Å². The second kappa shape index (κ2) is 9.71. The van der Waals surface area contributed by atoms with Crippen LogP contribution in [0.4, 0.5) is 18.9 Å². The van der Waals surface area contributed by atoms with E-state index in [1.54, 1.807) is 17.0 Å². The van der Waals surface area contributed by atoms with Crippen LogP contribution in [-0.2, 0) is 17.5 Å². The molecule has 1 fully saturated rings. The largest absolute Gasteiger partial charge is 0.417 e. The Morgan fingerprint density at radius 2 is 2.06 bits per heavy atom. The summed E-state index contributed by atoms with van der Waals surface area (Å²) in [5.74, 6) is -0.271. The van der Waals surface area contributed by atoms with Gasteiger partial charge in [0.25, 0.3) is 5.91 Å². The van der Waals surface area contributed by atoms with Crippen LogP contribution in [0.1, 0.15) is 52.7 Å². The van der Waals surface area contributed by atoms with E-state index in [-0.39, 0.29) is 30.2 Å². The Morgan fingerprint density at radius 3 is 2.76 bits per heavy atom. The SMILES string of the molecule is CC1CN(C2CCN(CCO)C(=O)C2)Cc2cc(C(=O)Nc3cncc(C(F)(F)F)c3)ccc21. The summed E-state index contributed by atoms with van der Waals surface area (Å²) in [6.45, 7) is 4.39. The Bertz CT molecular complexity index is 1080. The molecule has 2 N–H and O–H groups in total. The number of carbonyl (C=O) groups excluding carboxylic acids is 2. The molecule has 2 aliphatic heterocycles. The van der Waals surface area contributed by atoms with Gasteiger partial charge in [-0.25, -0.2) is 0 Å². The van der Waals surface area contributed by atoms with E-state index in [9.17, 15) is 22.8 Å². The van der Waals surface area contributed by atoms with Crippen molar-refractivity contribution in [2.45, 2.75) is 44.4 Å². The van der Waals surface area contributed by atoms with Gasteiger partial charge in [0.2, 0.25) is 5.91 Å². The topological polar surface area (TPSA) is 85.8 Å². The van der Waals surface area contributed by atoms with E-state index in [1.165, 1.54) is 6.20 Å². The number of alkyl halides is 3. The number of β-amino-alcohol motifs (C(OH)–C–C–N with tert-alkyl or cyclic N) is 1. The number of rotatable bonds is 5. The Labute approximate surface area is 195 Å². The molecule has 0 saturated carbocycles. The second-order valence-electron chi connectivity index (χ2n) is 8.91. The summed E-state index contributed by atoms with van der Waals surface area (Å²) < 4.78 is 38.8. The summed E-state index contributed by atoms with van der Waals surface area (Å²) >= 11 is 0. The van der Waals surface area contributed by atoms with Crippen LogP contribution in [0.25, 0.3) is 0 Å². The predicted octanol–water partition coefficient (Wildman–Crippen LogP) is 3.26. The number of hydrogen-bond acceptors (Lipinski definition) is 5. The highest BCUT2D eigenvalue weighted by Gasteiger charge is 2.34. The number of nitrogens with one attached hydrogen (secondary N) is 1. The van der Waals surface area contributed by atoms with E-state index in [0.29, 0.717) is 37.8 Å². The smallest absolute Gasteiger partial charge is 0.395 e. The second-order valence-corrected chi connectivity index (χ2v) is 8.91. The van der Waals surface area contributed by atoms with Gasteiger partial charge in [-0.15, -0.1) is 0 Å². The number of pyridine rings is 1. The van der Waals surface area contributed by atoms with Gasteiger partial charge in [-0.05, 0) is 41.7 Å². The number of aliphatic hydroxyl groups excluding tert-OH is 1. The molecule has 2 atom stereocenters. The van der Waals surface area contributed by atoms with Gasteiger partial charge in [0.05, 0.1) is 24.1 Å². The summed E-state index contributed by atoms with van der Waals surface area (Å²) in [5, 5.41) is 11.6. The average Bonchev–Trinajstić information content (AvgIpc) is 2.79. The minimum Gasteiger partial charge on any atom is -0.395 e. The molecule has 2 unspecified atom stereocenters. The van der Waals surface area contributed by atoms with Gasteiger partial charge in [0, 0.05) is 50.4 Å². The lowest BCUT2D eigenvalue weighted by atomic mass is 9.87. The molecule has 10 heteroatoms. The fraction of sp³-hybridized carbons (Fsp3) is 0.458. The number of aromatic nitrogens is 1. The van der Waals surface area contributed by atoms with Crippen molar-refractivity contribution in [3.05, 3.63) is 58.9 Å². The third-order valence-corrected chi connectivity index (χ3v) is 6.52. The van der Waals surface area contributed by atoms with Gasteiger partial charge < -0.3 is 15.3 Å². The molecule has 1 saturated heterocycles. The molecule has 2 aromatic rings. The Kier molecular flexibility index (Phi) is 6.90. The maximum Gasteiger partial charge on any atom is 0.417 e. The van der Waals surface area contributed by atoms with Crippen molar-refractivity contribution in [3.63, 3.8) is 0 Å². The molecule has 0 bridgehead atoms. The lowest BCUT2D eigenvalue weighted by molar-refractivity contribution is -0.138. The molecular formula is C24H27F3N4O3. The number of likely N-dealkylation sites (tertiary alicyclic amines) is 1. The maximum absolute atomic E-state index is 12.9. The highest BCUT2D eigenvalue weighted by atomic mass is 19.4. The molecule has 2 aliphatic rings. The first-order chi connectivity index (χ1) is 16.2. The van der Waals surface area contributed by atoms with Crippen LogP contribution >= 0.6 is 0 Å². The van der Waals surface area contributed by atoms with E-state index >= 15 is 0 Å². The van der Waals surface area contributed by atoms with Gasteiger partial charge in [-0.2, -0.15) is 13.2 Å². The van der Waals surface area contributed by atoms with Gasteiger partial charge in [0.1, 0.15) is 0 Å². The number of nitrogens with zero attached hydrogens (tertiary/aromatic N) is 3. The maximum atomic E-state index is 12.9. The number of carbonyl (C=O) groups is 2. The Morgan fingerprint density at radius 1 is 1.26 bits per heavy atom. The van der Waals surface area contributed by atoms with Crippen LogP contribution in [0.5, 0.6) is 0 Å². The highest BCUT2D eigenvalue weighted by molar-refractivity contribution is 6.04. The van der Waals surface area contributed by atoms with Crippen LogP contribution in [-0.4, -0.2) is 64.0 Å². The van der Waals surface area contributed by atoms with Crippen molar-refractivity contribution in [1.82, 2.24) is 14.8 Å². The zero-order valence-corrected chi connectivity index (χ0v) is 18.8. The number of amides is 2. The van der Waals surface area contributed by atoms with E-state index in [0.717, 1.165) is 30.2 Å². The molecule has 34 heavy (non-hydrogen) atoms. The Balaban J connectivity index is 1.48. The summed E-state index contributed by atoms with van der Waals surface area (Å²) in [7, 11) is 0. The molecule has 2 amide bonds. The normalized spacial score (nSPS) is 21.3. The average molecular weight is 476 g/mol. The van der Waals surface area contributed by atoms with Crippen LogP contribution in [0.2, 0.25) is 0 Å². The number of anilines is 1. The van der Waals surface area contributed by atoms with E-state index in [2.05, 4.69) is 22.1 Å². The molecule has 1 aromatic heterocycles. The van der Waals surface area contributed by atoms with Gasteiger partial charge in [-0.3, -0.25) is 19.5 Å². The molecule has 1 aromatic carbocycles. The van der Waals surface area contributed by atoms with Crippen molar-refractivity contribution in [2.24, 2.45) is 0 Å². The molecule has 182 valence electrons.